The summed E-state index contributed by atoms with van der Waals surface area (Å²) in [6.07, 6.45) is 0.776. The van der Waals surface area contributed by atoms with E-state index in [1.165, 1.54) is 17.7 Å². The van der Waals surface area contributed by atoms with E-state index in [0.29, 0.717) is 6.54 Å². The van der Waals surface area contributed by atoms with Gasteiger partial charge in [-0.3, -0.25) is 0 Å². The summed E-state index contributed by atoms with van der Waals surface area (Å²) < 4.78 is 12.8. The molecule has 3 heteroatoms. The normalized spacial score (nSPS) is 12.3. The van der Waals surface area contributed by atoms with Crippen LogP contribution in [0.25, 0.3) is 0 Å². The van der Waals surface area contributed by atoms with E-state index in [9.17, 15) is 9.50 Å². The van der Waals surface area contributed by atoms with Crippen LogP contribution >= 0.6 is 0 Å². The summed E-state index contributed by atoms with van der Waals surface area (Å²) in [4.78, 5) is 0. The number of rotatable bonds is 6. The van der Waals surface area contributed by atoms with E-state index in [4.69, 9.17) is 0 Å². The topological polar surface area (TPSA) is 32.3 Å². The zero-order valence-corrected chi connectivity index (χ0v) is 10.7. The quantitative estimate of drug-likeness (QED) is 0.835. The number of halogens is 1. The molecule has 1 atom stereocenters. The van der Waals surface area contributed by atoms with Crippen molar-refractivity contribution in [3.63, 3.8) is 0 Å². The van der Waals surface area contributed by atoms with Crippen molar-refractivity contribution in [1.29, 1.82) is 0 Å². The second-order valence-electron chi connectivity index (χ2n) is 4.58. The molecule has 2 rings (SSSR count). The molecule has 0 bridgehead atoms. The summed E-state index contributed by atoms with van der Waals surface area (Å²) in [5.41, 5.74) is 2.20. The minimum Gasteiger partial charge on any atom is -0.395 e. The van der Waals surface area contributed by atoms with Gasteiger partial charge in [-0.05, 0) is 29.7 Å². The second-order valence-corrected chi connectivity index (χ2v) is 4.58. The molecule has 0 saturated heterocycles. The van der Waals surface area contributed by atoms with Crippen LogP contribution in [0.15, 0.2) is 54.6 Å². The van der Waals surface area contributed by atoms with Crippen molar-refractivity contribution in [2.24, 2.45) is 0 Å². The Morgan fingerprint density at radius 1 is 0.947 bits per heavy atom. The van der Waals surface area contributed by atoms with Gasteiger partial charge in [-0.2, -0.15) is 0 Å². The molecule has 0 aromatic heterocycles. The standard InChI is InChI=1S/C16H18FNO/c17-15-8-6-14(7-9-15)11-18-16(12-19)10-13-4-2-1-3-5-13/h1-9,16,18-19H,10-12H2. The van der Waals surface area contributed by atoms with Crippen LogP contribution in [0.5, 0.6) is 0 Å². The average Bonchev–Trinajstić information content (AvgIpc) is 2.46. The maximum Gasteiger partial charge on any atom is 0.123 e. The van der Waals surface area contributed by atoms with Gasteiger partial charge in [0.15, 0.2) is 0 Å². The molecule has 0 aliphatic rings. The summed E-state index contributed by atoms with van der Waals surface area (Å²) in [6.45, 7) is 0.703. The Labute approximate surface area is 112 Å². The largest absolute Gasteiger partial charge is 0.395 e. The Morgan fingerprint density at radius 2 is 1.63 bits per heavy atom. The summed E-state index contributed by atoms with van der Waals surface area (Å²) in [7, 11) is 0. The van der Waals surface area contributed by atoms with E-state index < -0.39 is 0 Å². The Morgan fingerprint density at radius 3 is 2.26 bits per heavy atom. The highest BCUT2D eigenvalue weighted by molar-refractivity contribution is 5.17. The molecular weight excluding hydrogens is 241 g/mol. The van der Waals surface area contributed by atoms with Gasteiger partial charge in [-0.1, -0.05) is 42.5 Å². The molecule has 0 amide bonds. The minimum absolute atomic E-state index is 0.00690. The van der Waals surface area contributed by atoms with Crippen LogP contribution in [0.4, 0.5) is 4.39 Å². The van der Waals surface area contributed by atoms with Gasteiger partial charge in [-0.25, -0.2) is 4.39 Å². The maximum absolute atomic E-state index is 12.8. The highest BCUT2D eigenvalue weighted by atomic mass is 19.1. The lowest BCUT2D eigenvalue weighted by Gasteiger charge is -2.16. The van der Waals surface area contributed by atoms with E-state index in [2.05, 4.69) is 5.32 Å². The van der Waals surface area contributed by atoms with Gasteiger partial charge >= 0.3 is 0 Å². The van der Waals surface area contributed by atoms with Gasteiger partial charge in [0.25, 0.3) is 0 Å². The highest BCUT2D eigenvalue weighted by Crippen LogP contribution is 2.06. The van der Waals surface area contributed by atoms with Gasteiger partial charge in [0.2, 0.25) is 0 Å². The third kappa shape index (κ3) is 4.47. The van der Waals surface area contributed by atoms with Gasteiger partial charge < -0.3 is 10.4 Å². The van der Waals surface area contributed by atoms with E-state index in [1.54, 1.807) is 12.1 Å². The fourth-order valence-corrected chi connectivity index (χ4v) is 1.96. The van der Waals surface area contributed by atoms with Crippen LogP contribution in [-0.4, -0.2) is 17.8 Å². The van der Waals surface area contributed by atoms with Gasteiger partial charge in [-0.15, -0.1) is 0 Å². The van der Waals surface area contributed by atoms with Crippen LogP contribution in [0.1, 0.15) is 11.1 Å². The van der Waals surface area contributed by atoms with E-state index in [-0.39, 0.29) is 18.5 Å². The molecule has 0 fully saturated rings. The first-order chi connectivity index (χ1) is 9.28. The third-order valence-electron chi connectivity index (χ3n) is 3.05. The first-order valence-electron chi connectivity index (χ1n) is 6.40. The van der Waals surface area contributed by atoms with Crippen LogP contribution in [0, 0.1) is 5.82 Å². The van der Waals surface area contributed by atoms with Crippen molar-refractivity contribution < 1.29 is 9.50 Å². The number of benzene rings is 2. The first-order valence-corrected chi connectivity index (χ1v) is 6.40. The Hall–Kier alpha value is -1.71. The third-order valence-corrected chi connectivity index (χ3v) is 3.05. The molecule has 100 valence electrons. The van der Waals surface area contributed by atoms with Gasteiger partial charge in [0.05, 0.1) is 6.61 Å². The fourth-order valence-electron chi connectivity index (χ4n) is 1.96. The zero-order chi connectivity index (χ0) is 13.5. The lowest BCUT2D eigenvalue weighted by atomic mass is 10.1. The lowest BCUT2D eigenvalue weighted by Crippen LogP contribution is -2.34. The van der Waals surface area contributed by atoms with Crippen LogP contribution in [-0.2, 0) is 13.0 Å². The number of aliphatic hydroxyl groups excluding tert-OH is 1. The molecule has 2 aromatic carbocycles. The monoisotopic (exact) mass is 259 g/mol. The Balaban J connectivity index is 1.87. The van der Waals surface area contributed by atoms with Crippen molar-refractivity contribution in [3.8, 4) is 0 Å². The molecule has 0 spiro atoms. The Bertz CT molecular complexity index is 484. The van der Waals surface area contributed by atoms with Gasteiger partial charge in [0.1, 0.15) is 5.82 Å². The maximum atomic E-state index is 12.8. The second kappa shape index (κ2) is 7.02. The summed E-state index contributed by atoms with van der Waals surface area (Å²) >= 11 is 0. The van der Waals surface area contributed by atoms with E-state index in [1.807, 2.05) is 30.3 Å². The van der Waals surface area contributed by atoms with Crippen molar-refractivity contribution in [1.82, 2.24) is 5.32 Å². The molecule has 0 aliphatic heterocycles. The molecular formula is C16H18FNO. The number of hydrogen-bond donors (Lipinski definition) is 2. The number of nitrogens with one attached hydrogen (secondary N) is 1. The average molecular weight is 259 g/mol. The number of hydrogen-bond acceptors (Lipinski definition) is 2. The summed E-state index contributed by atoms with van der Waals surface area (Å²) in [6, 6.07) is 16.4. The molecule has 1 unspecified atom stereocenters. The Kier molecular flexibility index (Phi) is 5.07. The molecule has 0 radical (unpaired) electrons. The van der Waals surface area contributed by atoms with Crippen molar-refractivity contribution in [3.05, 3.63) is 71.5 Å². The number of aliphatic hydroxyl groups is 1. The molecule has 2 N–H and O–H groups in total. The zero-order valence-electron chi connectivity index (χ0n) is 10.7. The molecule has 0 saturated carbocycles. The van der Waals surface area contributed by atoms with Crippen LogP contribution in [0.2, 0.25) is 0 Å². The highest BCUT2D eigenvalue weighted by Gasteiger charge is 2.07. The molecule has 2 aromatic rings. The predicted molar refractivity (Wildman–Crippen MR) is 74.3 cm³/mol. The van der Waals surface area contributed by atoms with Crippen molar-refractivity contribution in [2.75, 3.05) is 6.61 Å². The fraction of sp³-hybridized carbons (Fsp3) is 0.250. The van der Waals surface area contributed by atoms with Crippen LogP contribution < -0.4 is 5.32 Å². The first kappa shape index (κ1) is 13.7. The lowest BCUT2D eigenvalue weighted by molar-refractivity contribution is 0.241. The van der Waals surface area contributed by atoms with Crippen molar-refractivity contribution >= 4 is 0 Å². The van der Waals surface area contributed by atoms with Crippen molar-refractivity contribution in [2.45, 2.75) is 19.0 Å². The van der Waals surface area contributed by atoms with E-state index in [0.717, 1.165) is 12.0 Å². The molecule has 0 aliphatic carbocycles. The SMILES string of the molecule is OCC(Cc1ccccc1)NCc1ccc(F)cc1. The van der Waals surface area contributed by atoms with E-state index >= 15 is 0 Å². The molecule has 0 heterocycles. The molecule has 2 nitrogen and oxygen atoms in total. The van der Waals surface area contributed by atoms with Crippen LogP contribution in [0.3, 0.4) is 0 Å². The molecule has 19 heavy (non-hydrogen) atoms. The predicted octanol–water partition coefficient (Wildman–Crippen LogP) is 2.52. The summed E-state index contributed by atoms with van der Waals surface area (Å²) in [5.74, 6) is -0.230. The smallest absolute Gasteiger partial charge is 0.123 e. The summed E-state index contributed by atoms with van der Waals surface area (Å²) in [5, 5.41) is 12.7. The minimum atomic E-state index is -0.230. The van der Waals surface area contributed by atoms with Gasteiger partial charge in [0, 0.05) is 12.6 Å².